The molecule has 156 valence electrons. The fraction of sp³-hybridized carbons (Fsp3) is 0.250. The number of carbonyl (C=O) groups is 2. The highest BCUT2D eigenvalue weighted by Gasteiger charge is 2.28. The van der Waals surface area contributed by atoms with Gasteiger partial charge in [-0.15, -0.1) is 11.3 Å². The van der Waals surface area contributed by atoms with Crippen LogP contribution in [0.25, 0.3) is 0 Å². The summed E-state index contributed by atoms with van der Waals surface area (Å²) in [4.78, 5) is 28.0. The van der Waals surface area contributed by atoms with Crippen molar-refractivity contribution in [3.8, 4) is 0 Å². The Balaban J connectivity index is 1.61. The molecule has 0 aliphatic heterocycles. The van der Waals surface area contributed by atoms with E-state index >= 15 is 0 Å². The van der Waals surface area contributed by atoms with Crippen LogP contribution in [0.2, 0.25) is 0 Å². The molecule has 2 atom stereocenters. The Morgan fingerprint density at radius 1 is 1.03 bits per heavy atom. The third-order valence-corrected chi connectivity index (χ3v) is 5.93. The van der Waals surface area contributed by atoms with E-state index in [-0.39, 0.29) is 30.4 Å². The molecule has 2 amide bonds. The molecule has 5 nitrogen and oxygen atoms in total. The topological polar surface area (TPSA) is 66.0 Å². The molecule has 6 heteroatoms. The van der Waals surface area contributed by atoms with Crippen molar-refractivity contribution in [2.45, 2.75) is 25.9 Å². The van der Waals surface area contributed by atoms with Gasteiger partial charge in [0.1, 0.15) is 6.04 Å². The van der Waals surface area contributed by atoms with Crippen LogP contribution in [0.4, 0.5) is 5.69 Å². The average Bonchev–Trinajstić information content (AvgIpc) is 3.28. The number of likely N-dealkylation sites (N-methyl/N-ethyl adjacent to an activating group) is 1. The summed E-state index contributed by atoms with van der Waals surface area (Å²) in [7, 11) is 1.67. The van der Waals surface area contributed by atoms with Gasteiger partial charge < -0.3 is 15.5 Å². The van der Waals surface area contributed by atoms with Crippen LogP contribution in [0.15, 0.2) is 72.1 Å². The number of nitrogens with zero attached hydrogens (tertiary/aromatic N) is 1. The second kappa shape index (κ2) is 10.2. The number of quaternary nitrogens is 1. The van der Waals surface area contributed by atoms with Crippen LogP contribution in [-0.4, -0.2) is 36.3 Å². The van der Waals surface area contributed by atoms with E-state index in [1.54, 1.807) is 18.4 Å². The predicted molar refractivity (Wildman–Crippen MR) is 121 cm³/mol. The van der Waals surface area contributed by atoms with Crippen molar-refractivity contribution in [3.63, 3.8) is 0 Å². The first kappa shape index (κ1) is 21.7. The van der Waals surface area contributed by atoms with Gasteiger partial charge in [-0.2, -0.15) is 0 Å². The Morgan fingerprint density at radius 3 is 2.37 bits per heavy atom. The largest absolute Gasteiger partial charge is 0.331 e. The highest BCUT2D eigenvalue weighted by Crippen LogP contribution is 2.22. The van der Waals surface area contributed by atoms with Gasteiger partial charge in [0.05, 0.1) is 11.4 Å². The van der Waals surface area contributed by atoms with Crippen LogP contribution in [0.1, 0.15) is 29.0 Å². The molecule has 2 aromatic carbocycles. The van der Waals surface area contributed by atoms with E-state index in [2.05, 4.69) is 28.8 Å². The van der Waals surface area contributed by atoms with Gasteiger partial charge in [-0.05, 0) is 37.4 Å². The van der Waals surface area contributed by atoms with E-state index in [0.29, 0.717) is 0 Å². The molecule has 0 fully saturated rings. The van der Waals surface area contributed by atoms with Gasteiger partial charge in [0.15, 0.2) is 6.04 Å². The van der Waals surface area contributed by atoms with Crippen molar-refractivity contribution in [2.24, 2.45) is 0 Å². The first-order valence-corrected chi connectivity index (χ1v) is 10.9. The Hall–Kier alpha value is -2.96. The summed E-state index contributed by atoms with van der Waals surface area (Å²) in [6.07, 6.45) is 0. The zero-order chi connectivity index (χ0) is 21.5. The second-order valence-electron chi connectivity index (χ2n) is 7.49. The fourth-order valence-electron chi connectivity index (χ4n) is 3.35. The molecule has 30 heavy (non-hydrogen) atoms. The first-order valence-electron chi connectivity index (χ1n) is 9.99. The number of hydrogen-bond donors (Lipinski definition) is 2. The molecule has 0 radical (unpaired) electrons. The molecule has 3 aromatic rings. The van der Waals surface area contributed by atoms with Gasteiger partial charge in [-0.25, -0.2) is 0 Å². The molecule has 0 aliphatic rings. The van der Waals surface area contributed by atoms with E-state index in [4.69, 9.17) is 0 Å². The highest BCUT2D eigenvalue weighted by molar-refractivity contribution is 7.10. The summed E-state index contributed by atoms with van der Waals surface area (Å²) in [5, 5.41) is 6.96. The maximum atomic E-state index is 12.9. The molecule has 3 N–H and O–H groups in total. The highest BCUT2D eigenvalue weighted by atomic mass is 32.1. The number of nitrogens with two attached hydrogens (primary N) is 1. The summed E-state index contributed by atoms with van der Waals surface area (Å²) in [6, 6.07) is 21.6. The summed E-state index contributed by atoms with van der Waals surface area (Å²) >= 11 is 1.68. The van der Waals surface area contributed by atoms with Crippen LogP contribution in [0.3, 0.4) is 0 Å². The Morgan fingerprint density at radius 2 is 1.73 bits per heavy atom. The molecule has 0 bridgehead atoms. The summed E-state index contributed by atoms with van der Waals surface area (Å²) < 4.78 is 0. The average molecular weight is 423 g/mol. The van der Waals surface area contributed by atoms with Gasteiger partial charge in [-0.3, -0.25) is 9.59 Å². The zero-order valence-corrected chi connectivity index (χ0v) is 18.4. The second-order valence-corrected chi connectivity index (χ2v) is 8.47. The summed E-state index contributed by atoms with van der Waals surface area (Å²) in [5.74, 6) is -0.286. The minimum Gasteiger partial charge on any atom is -0.331 e. The van der Waals surface area contributed by atoms with Crippen LogP contribution in [0, 0.1) is 6.92 Å². The van der Waals surface area contributed by atoms with Gasteiger partial charge in [-0.1, -0.05) is 54.1 Å². The summed E-state index contributed by atoms with van der Waals surface area (Å²) in [5.41, 5.74) is 3.01. The molecule has 0 saturated heterocycles. The van der Waals surface area contributed by atoms with Crippen molar-refractivity contribution >= 4 is 28.8 Å². The lowest BCUT2D eigenvalue weighted by atomic mass is 10.0. The van der Waals surface area contributed by atoms with E-state index in [1.807, 2.05) is 67.8 Å². The monoisotopic (exact) mass is 422 g/mol. The quantitative estimate of drug-likeness (QED) is 0.586. The molecule has 1 heterocycles. The number of carbonyl (C=O) groups excluding carboxylic acids is 2. The van der Waals surface area contributed by atoms with Gasteiger partial charge in [0.25, 0.3) is 5.91 Å². The van der Waals surface area contributed by atoms with Gasteiger partial charge >= 0.3 is 0 Å². The van der Waals surface area contributed by atoms with Crippen LogP contribution >= 0.6 is 11.3 Å². The van der Waals surface area contributed by atoms with Crippen LogP contribution in [0.5, 0.6) is 0 Å². The van der Waals surface area contributed by atoms with Crippen molar-refractivity contribution in [2.75, 3.05) is 18.9 Å². The van der Waals surface area contributed by atoms with E-state index in [0.717, 1.165) is 16.8 Å². The van der Waals surface area contributed by atoms with Crippen LogP contribution < -0.4 is 10.6 Å². The van der Waals surface area contributed by atoms with Crippen molar-refractivity contribution in [1.29, 1.82) is 0 Å². The van der Waals surface area contributed by atoms with Gasteiger partial charge in [0.2, 0.25) is 5.91 Å². The number of hydrogen-bond acceptors (Lipinski definition) is 3. The molecule has 0 unspecified atom stereocenters. The van der Waals surface area contributed by atoms with Crippen LogP contribution in [-0.2, 0) is 9.59 Å². The molecule has 0 saturated carbocycles. The minimum absolute atomic E-state index is 0.0138. The smallest absolute Gasteiger partial charge is 0.280 e. The number of nitrogens with one attached hydrogen (secondary N) is 1. The molecule has 0 aliphatic carbocycles. The maximum absolute atomic E-state index is 12.9. The predicted octanol–water partition coefficient (Wildman–Crippen LogP) is 3.19. The number of rotatable bonds is 8. The first-order chi connectivity index (χ1) is 14.4. The number of anilines is 1. The maximum Gasteiger partial charge on any atom is 0.280 e. The summed E-state index contributed by atoms with van der Waals surface area (Å²) in [6.45, 7) is 3.90. The molecule has 0 spiro atoms. The normalized spacial score (nSPS) is 12.8. The van der Waals surface area contributed by atoms with Crippen molar-refractivity contribution in [3.05, 3.63) is 88.1 Å². The number of amides is 2. The van der Waals surface area contributed by atoms with Gasteiger partial charge in [0, 0.05) is 18.3 Å². The Labute approximate surface area is 181 Å². The molecular weight excluding hydrogens is 394 g/mol. The van der Waals surface area contributed by atoms with Crippen molar-refractivity contribution in [1.82, 2.24) is 4.90 Å². The third kappa shape index (κ3) is 5.78. The molecule has 3 rings (SSSR count). The standard InChI is InChI=1S/C24H27N3O2S/c1-17-11-13-20(14-12-17)26-22(28)16-27(3)24(29)18(2)25-23(21-10-7-15-30-21)19-8-5-4-6-9-19/h4-15,18,23,25H,16H2,1-3H3,(H,26,28)/p+1/t18-,23+/m1/s1. The lowest BCUT2D eigenvalue weighted by Crippen LogP contribution is -2.92. The lowest BCUT2D eigenvalue weighted by Gasteiger charge is -2.23. The molecule has 1 aromatic heterocycles. The number of aryl methyl sites for hydroxylation is 1. The minimum atomic E-state index is -0.325. The lowest BCUT2D eigenvalue weighted by molar-refractivity contribution is -0.704. The van der Waals surface area contributed by atoms with E-state index < -0.39 is 0 Å². The van der Waals surface area contributed by atoms with E-state index in [9.17, 15) is 9.59 Å². The Kier molecular flexibility index (Phi) is 7.38. The SMILES string of the molecule is Cc1ccc(NC(=O)CN(C)C(=O)[C@@H](C)[NH2+][C@@H](c2ccccc2)c2cccs2)cc1. The van der Waals surface area contributed by atoms with E-state index in [1.165, 1.54) is 9.78 Å². The fourth-order valence-corrected chi connectivity index (χ4v) is 4.18. The van der Waals surface area contributed by atoms with Crippen molar-refractivity contribution < 1.29 is 14.9 Å². The number of benzene rings is 2. The molecular formula is C24H28N3O2S+. The third-order valence-electron chi connectivity index (χ3n) is 4.97. The Bertz CT molecular complexity index is 956. The zero-order valence-electron chi connectivity index (χ0n) is 17.5. The number of thiophene rings is 1.